The Balaban J connectivity index is 1.90. The fourth-order valence-electron chi connectivity index (χ4n) is 3.09. The highest BCUT2D eigenvalue weighted by atomic mass is 79.9. The predicted octanol–water partition coefficient (Wildman–Crippen LogP) is 3.67. The van der Waals surface area contributed by atoms with Crippen molar-refractivity contribution in [2.75, 3.05) is 24.1 Å². The van der Waals surface area contributed by atoms with Crippen LogP contribution in [0.2, 0.25) is 0 Å². The van der Waals surface area contributed by atoms with Gasteiger partial charge >= 0.3 is 6.09 Å². The number of amides is 2. The first-order chi connectivity index (χ1) is 14.5. The fraction of sp³-hybridized carbons (Fsp3) is 0.273. The first-order valence-electron chi connectivity index (χ1n) is 9.70. The van der Waals surface area contributed by atoms with Crippen molar-refractivity contribution in [1.82, 2.24) is 10.6 Å². The van der Waals surface area contributed by atoms with Crippen LogP contribution < -0.4 is 21.7 Å². The average molecular weight is 489 g/mol. The molecule has 0 aromatic heterocycles. The highest BCUT2D eigenvalue weighted by Crippen LogP contribution is 2.38. The molecule has 1 heterocycles. The van der Waals surface area contributed by atoms with E-state index < -0.39 is 11.7 Å². The van der Waals surface area contributed by atoms with Crippen molar-refractivity contribution in [2.24, 2.45) is 0 Å². The van der Waals surface area contributed by atoms with Crippen molar-refractivity contribution in [3.8, 4) is 5.75 Å². The van der Waals surface area contributed by atoms with Gasteiger partial charge < -0.3 is 31.5 Å². The second-order valence-electron chi connectivity index (χ2n) is 8.02. The Labute approximate surface area is 189 Å². The number of nitrogen functional groups attached to an aromatic ring is 1. The van der Waals surface area contributed by atoms with Gasteiger partial charge in [-0.2, -0.15) is 0 Å². The second-order valence-corrected chi connectivity index (χ2v) is 8.94. The lowest BCUT2D eigenvalue weighted by Gasteiger charge is -2.20. The number of carbonyl (C=O) groups excluding carboxylic acids is 2. The zero-order chi connectivity index (χ0) is 22.8. The number of carbonyl (C=O) groups is 2. The highest BCUT2D eigenvalue weighted by Gasteiger charge is 2.28. The number of hydrogen-bond acceptors (Lipinski definition) is 6. The third-order valence-electron chi connectivity index (χ3n) is 4.39. The van der Waals surface area contributed by atoms with E-state index in [4.69, 9.17) is 10.5 Å². The summed E-state index contributed by atoms with van der Waals surface area (Å²) in [6, 6.07) is 10.3. The maximum absolute atomic E-state index is 12.8. The van der Waals surface area contributed by atoms with Gasteiger partial charge in [0.2, 0.25) is 0 Å². The molecule has 8 nitrogen and oxygen atoms in total. The summed E-state index contributed by atoms with van der Waals surface area (Å²) in [7, 11) is 0. The number of alkyl carbamates (subject to hydrolysis) is 1. The van der Waals surface area contributed by atoms with Crippen molar-refractivity contribution < 1.29 is 19.4 Å². The van der Waals surface area contributed by atoms with Gasteiger partial charge in [-0.3, -0.25) is 4.79 Å². The van der Waals surface area contributed by atoms with Crippen molar-refractivity contribution in [2.45, 2.75) is 26.4 Å². The summed E-state index contributed by atoms with van der Waals surface area (Å²) < 4.78 is 6.05. The van der Waals surface area contributed by atoms with Crippen LogP contribution in [-0.2, 0) is 9.53 Å². The number of rotatable bonds is 5. The number of phenolic OH excluding ortho intramolecular Hbond substituents is 1. The van der Waals surface area contributed by atoms with E-state index in [2.05, 4.69) is 31.9 Å². The minimum atomic E-state index is -0.592. The Bertz CT molecular complexity index is 1060. The third-order valence-corrected chi connectivity index (χ3v) is 4.88. The number of anilines is 2. The second kappa shape index (κ2) is 8.89. The Kier molecular flexibility index (Phi) is 6.45. The maximum atomic E-state index is 12.8. The van der Waals surface area contributed by atoms with Crippen LogP contribution in [-0.4, -0.2) is 35.8 Å². The summed E-state index contributed by atoms with van der Waals surface area (Å²) in [6.45, 7) is 5.94. The Morgan fingerprint density at radius 3 is 2.55 bits per heavy atom. The molecule has 1 aliphatic heterocycles. The van der Waals surface area contributed by atoms with E-state index >= 15 is 0 Å². The Morgan fingerprint density at radius 1 is 1.16 bits per heavy atom. The van der Waals surface area contributed by atoms with E-state index in [9.17, 15) is 14.7 Å². The molecule has 3 rings (SSSR count). The normalized spacial score (nSPS) is 14.5. The molecular weight excluding hydrogens is 464 g/mol. The third kappa shape index (κ3) is 5.49. The van der Waals surface area contributed by atoms with Crippen LogP contribution in [0.15, 0.2) is 40.9 Å². The van der Waals surface area contributed by atoms with Gasteiger partial charge in [-0.25, -0.2) is 4.79 Å². The van der Waals surface area contributed by atoms with Gasteiger partial charge in [0.15, 0.2) is 0 Å². The van der Waals surface area contributed by atoms with E-state index in [0.29, 0.717) is 29.1 Å². The fourth-order valence-corrected chi connectivity index (χ4v) is 3.45. The summed E-state index contributed by atoms with van der Waals surface area (Å²) in [5.74, 6) is -0.357. The van der Waals surface area contributed by atoms with Gasteiger partial charge in [0.05, 0.1) is 17.0 Å². The summed E-state index contributed by atoms with van der Waals surface area (Å²) in [4.78, 5) is 24.7. The maximum Gasteiger partial charge on any atom is 0.407 e. The molecule has 164 valence electrons. The smallest absolute Gasteiger partial charge is 0.407 e. The number of nitrogens with two attached hydrogens (primary N) is 1. The molecular formula is C22H25BrN4O4. The van der Waals surface area contributed by atoms with E-state index in [0.717, 1.165) is 10.0 Å². The largest absolute Gasteiger partial charge is 0.506 e. The van der Waals surface area contributed by atoms with Crippen molar-refractivity contribution in [3.63, 3.8) is 0 Å². The van der Waals surface area contributed by atoms with Crippen LogP contribution in [0.25, 0.3) is 11.3 Å². The number of benzene rings is 2. The van der Waals surface area contributed by atoms with E-state index in [1.54, 1.807) is 32.9 Å². The first kappa shape index (κ1) is 22.5. The topological polar surface area (TPSA) is 126 Å². The lowest BCUT2D eigenvalue weighted by molar-refractivity contribution is -0.110. The quantitative estimate of drug-likeness (QED) is 0.189. The van der Waals surface area contributed by atoms with Crippen LogP contribution in [0.4, 0.5) is 16.2 Å². The molecule has 0 saturated carbocycles. The predicted molar refractivity (Wildman–Crippen MR) is 124 cm³/mol. The van der Waals surface area contributed by atoms with Gasteiger partial charge in [-0.05, 0) is 51.1 Å². The molecule has 1 aliphatic rings. The van der Waals surface area contributed by atoms with Crippen LogP contribution in [0.3, 0.4) is 0 Å². The van der Waals surface area contributed by atoms with Crippen molar-refractivity contribution in [3.05, 3.63) is 52.0 Å². The summed E-state index contributed by atoms with van der Waals surface area (Å²) >= 11 is 3.44. The number of halogens is 1. The molecule has 9 heteroatoms. The van der Waals surface area contributed by atoms with Gasteiger partial charge in [0, 0.05) is 34.4 Å². The Morgan fingerprint density at radius 2 is 1.87 bits per heavy atom. The molecule has 31 heavy (non-hydrogen) atoms. The van der Waals surface area contributed by atoms with E-state index in [-0.39, 0.29) is 23.9 Å². The van der Waals surface area contributed by atoms with Crippen LogP contribution in [0, 0.1) is 0 Å². The lowest BCUT2D eigenvalue weighted by atomic mass is 10.00. The van der Waals surface area contributed by atoms with Gasteiger partial charge in [0.1, 0.15) is 11.4 Å². The van der Waals surface area contributed by atoms with Crippen LogP contribution >= 0.6 is 15.9 Å². The zero-order valence-electron chi connectivity index (χ0n) is 17.5. The summed E-state index contributed by atoms with van der Waals surface area (Å²) in [5.41, 5.74) is 8.31. The van der Waals surface area contributed by atoms with Crippen LogP contribution in [0.5, 0.6) is 5.75 Å². The number of hydrogen-bond donors (Lipinski definition) is 5. The zero-order valence-corrected chi connectivity index (χ0v) is 19.1. The van der Waals surface area contributed by atoms with Gasteiger partial charge in [0.25, 0.3) is 5.91 Å². The summed E-state index contributed by atoms with van der Waals surface area (Å²) in [6.07, 6.45) is -0.526. The minimum absolute atomic E-state index is 0.0860. The molecule has 0 bridgehead atoms. The molecule has 2 aromatic rings. The molecule has 2 amide bonds. The number of nitrogens with one attached hydrogen (secondary N) is 3. The number of fused-ring (bicyclic) bond motifs is 1. The van der Waals surface area contributed by atoms with Gasteiger partial charge in [-0.1, -0.05) is 22.0 Å². The Hall–Kier alpha value is -3.20. The SMILES string of the molecule is CC(C)(C)OC(=O)NCCN/C(=C1\C(=O)Nc2ccc(Br)cc21)c1ccc(N)c(O)c1. The van der Waals surface area contributed by atoms with Crippen molar-refractivity contribution in [1.29, 1.82) is 0 Å². The molecule has 2 aromatic carbocycles. The molecule has 6 N–H and O–H groups in total. The van der Waals surface area contributed by atoms with Crippen molar-refractivity contribution >= 4 is 50.6 Å². The first-order valence-corrected chi connectivity index (χ1v) is 10.5. The highest BCUT2D eigenvalue weighted by molar-refractivity contribution is 9.10. The minimum Gasteiger partial charge on any atom is -0.506 e. The van der Waals surface area contributed by atoms with Crippen LogP contribution in [0.1, 0.15) is 31.9 Å². The number of phenols is 1. The standard InChI is InChI=1S/C22H25BrN4O4/c1-22(2,3)31-21(30)26-9-8-25-19(12-4-6-15(24)17(28)10-12)18-14-11-13(23)5-7-16(14)27-20(18)29/h4-7,10-11,25,28H,8-9,24H2,1-3H3,(H,26,30)(H,27,29)/b19-18-. The lowest BCUT2D eigenvalue weighted by Crippen LogP contribution is -2.36. The molecule has 0 atom stereocenters. The summed E-state index contributed by atoms with van der Waals surface area (Å²) in [5, 5.41) is 18.8. The van der Waals surface area contributed by atoms with Gasteiger partial charge in [-0.15, -0.1) is 0 Å². The molecule has 0 saturated heterocycles. The molecule has 0 fully saturated rings. The molecule has 0 aliphatic carbocycles. The monoisotopic (exact) mass is 488 g/mol. The molecule has 0 spiro atoms. The average Bonchev–Trinajstić information content (AvgIpc) is 2.98. The number of aromatic hydroxyl groups is 1. The van der Waals surface area contributed by atoms with E-state index in [1.807, 2.05) is 18.2 Å². The molecule has 0 unspecified atom stereocenters. The molecule has 0 radical (unpaired) electrons. The number of ether oxygens (including phenoxy) is 1. The van der Waals surface area contributed by atoms with E-state index in [1.165, 1.54) is 6.07 Å².